The lowest BCUT2D eigenvalue weighted by Crippen LogP contribution is -2.51. The number of aromatic nitrogens is 1. The molecule has 1 amide bonds. The average Bonchev–Trinajstić information content (AvgIpc) is 3.04. The third kappa shape index (κ3) is 5.63. The Morgan fingerprint density at radius 3 is 2.68 bits per heavy atom. The van der Waals surface area contributed by atoms with Crippen molar-refractivity contribution in [2.75, 3.05) is 39.5 Å². The van der Waals surface area contributed by atoms with Gasteiger partial charge in [0, 0.05) is 62.8 Å². The molecule has 0 aliphatic carbocycles. The maximum absolute atomic E-state index is 13.8. The molecule has 7 heteroatoms. The maximum Gasteiger partial charge on any atom is 0.253 e. The first-order valence-corrected chi connectivity index (χ1v) is 13.4. The summed E-state index contributed by atoms with van der Waals surface area (Å²) in [5.74, 6) is 1.94. The van der Waals surface area contributed by atoms with Crippen molar-refractivity contribution in [3.63, 3.8) is 0 Å². The lowest BCUT2D eigenvalue weighted by atomic mass is 10.1. The standard InChI is InChI=1S/C30H39N3O4/c1-21(2)17-33(18-23-10-11-27-28(16-23)36-14-7-13-35-27)30(34)29-20-32(12-15-37-29)19-25-22(3)31(4)26-9-6-5-8-24(25)26/h5-6,8-11,16,21,29H,7,12-15,17-20H2,1-4H3. The van der Waals surface area contributed by atoms with Crippen LogP contribution in [0.2, 0.25) is 0 Å². The van der Waals surface area contributed by atoms with Crippen molar-refractivity contribution in [2.24, 2.45) is 13.0 Å². The van der Waals surface area contributed by atoms with Crippen LogP contribution in [-0.4, -0.2) is 65.8 Å². The molecule has 1 aromatic heterocycles. The van der Waals surface area contributed by atoms with E-state index in [4.69, 9.17) is 14.2 Å². The van der Waals surface area contributed by atoms with Gasteiger partial charge in [-0.3, -0.25) is 9.69 Å². The van der Waals surface area contributed by atoms with Crippen molar-refractivity contribution in [3.05, 3.63) is 59.3 Å². The third-order valence-corrected chi connectivity index (χ3v) is 7.42. The van der Waals surface area contributed by atoms with E-state index in [0.29, 0.717) is 45.4 Å². The van der Waals surface area contributed by atoms with Crippen LogP contribution in [0.1, 0.15) is 37.1 Å². The van der Waals surface area contributed by atoms with Gasteiger partial charge in [0.15, 0.2) is 11.5 Å². The van der Waals surface area contributed by atoms with Gasteiger partial charge in [-0.05, 0) is 42.2 Å². The van der Waals surface area contributed by atoms with Gasteiger partial charge in [0.05, 0.1) is 19.8 Å². The summed E-state index contributed by atoms with van der Waals surface area (Å²) in [6.07, 6.45) is 0.402. The van der Waals surface area contributed by atoms with Crippen LogP contribution in [0.5, 0.6) is 11.5 Å². The van der Waals surface area contributed by atoms with Crippen LogP contribution in [0.25, 0.3) is 10.9 Å². The number of hydrogen-bond acceptors (Lipinski definition) is 5. The summed E-state index contributed by atoms with van der Waals surface area (Å²) in [5.41, 5.74) is 4.88. The Kier molecular flexibility index (Phi) is 7.72. The number of carbonyl (C=O) groups is 1. The molecule has 37 heavy (non-hydrogen) atoms. The van der Waals surface area contributed by atoms with E-state index in [0.717, 1.165) is 36.6 Å². The normalized spacial score (nSPS) is 18.2. The Balaban J connectivity index is 1.30. The average molecular weight is 506 g/mol. The van der Waals surface area contributed by atoms with Gasteiger partial charge >= 0.3 is 0 Å². The molecule has 7 nitrogen and oxygen atoms in total. The molecule has 0 bridgehead atoms. The van der Waals surface area contributed by atoms with Gasteiger partial charge in [-0.15, -0.1) is 0 Å². The smallest absolute Gasteiger partial charge is 0.253 e. The molecule has 5 rings (SSSR count). The molecule has 3 heterocycles. The van der Waals surface area contributed by atoms with Crippen LogP contribution in [-0.2, 0) is 29.7 Å². The van der Waals surface area contributed by atoms with Crippen LogP contribution >= 0.6 is 0 Å². The lowest BCUT2D eigenvalue weighted by Gasteiger charge is -2.35. The van der Waals surface area contributed by atoms with Crippen LogP contribution in [0.4, 0.5) is 0 Å². The van der Waals surface area contributed by atoms with Gasteiger partial charge in [0.25, 0.3) is 5.91 Å². The van der Waals surface area contributed by atoms with E-state index in [1.165, 1.54) is 22.2 Å². The molecule has 2 aromatic carbocycles. The number of nitrogens with zero attached hydrogens (tertiary/aromatic N) is 3. The van der Waals surface area contributed by atoms with E-state index >= 15 is 0 Å². The molecule has 0 saturated carbocycles. The van der Waals surface area contributed by atoms with E-state index in [9.17, 15) is 4.79 Å². The minimum absolute atomic E-state index is 0.0557. The zero-order chi connectivity index (χ0) is 25.9. The van der Waals surface area contributed by atoms with Gasteiger partial charge in [-0.1, -0.05) is 38.1 Å². The lowest BCUT2D eigenvalue weighted by molar-refractivity contribution is -0.151. The molecule has 0 N–H and O–H groups in total. The number of ether oxygens (including phenoxy) is 3. The monoisotopic (exact) mass is 505 g/mol. The largest absolute Gasteiger partial charge is 0.490 e. The fourth-order valence-electron chi connectivity index (χ4n) is 5.42. The highest BCUT2D eigenvalue weighted by Gasteiger charge is 2.31. The summed E-state index contributed by atoms with van der Waals surface area (Å²) in [7, 11) is 2.12. The number of amides is 1. The Bertz CT molecular complexity index is 1250. The molecule has 3 aromatic rings. The molecule has 2 aliphatic heterocycles. The van der Waals surface area contributed by atoms with E-state index in [1.54, 1.807) is 0 Å². The minimum atomic E-state index is -0.469. The maximum atomic E-state index is 13.8. The molecule has 2 aliphatic rings. The first-order valence-electron chi connectivity index (χ1n) is 13.4. The Morgan fingerprint density at radius 2 is 1.86 bits per heavy atom. The minimum Gasteiger partial charge on any atom is -0.490 e. The van der Waals surface area contributed by atoms with Gasteiger partial charge in [-0.2, -0.15) is 0 Å². The molecule has 1 unspecified atom stereocenters. The van der Waals surface area contributed by atoms with Crippen LogP contribution in [0.3, 0.4) is 0 Å². The molecule has 0 spiro atoms. The van der Waals surface area contributed by atoms with Crippen molar-refractivity contribution in [3.8, 4) is 11.5 Å². The highest BCUT2D eigenvalue weighted by atomic mass is 16.5. The van der Waals surface area contributed by atoms with E-state index in [1.807, 2.05) is 23.1 Å². The summed E-state index contributed by atoms with van der Waals surface area (Å²) in [6.45, 7) is 11.8. The van der Waals surface area contributed by atoms with Crippen LogP contribution < -0.4 is 9.47 Å². The molecular formula is C30H39N3O4. The summed E-state index contributed by atoms with van der Waals surface area (Å²) in [4.78, 5) is 18.1. The molecule has 1 saturated heterocycles. The second kappa shape index (κ2) is 11.2. The summed E-state index contributed by atoms with van der Waals surface area (Å²) < 4.78 is 20.0. The topological polar surface area (TPSA) is 56.2 Å². The predicted octanol–water partition coefficient (Wildman–Crippen LogP) is 4.53. The van der Waals surface area contributed by atoms with Crippen molar-refractivity contribution >= 4 is 16.8 Å². The quantitative estimate of drug-likeness (QED) is 0.472. The molecule has 0 radical (unpaired) electrons. The van der Waals surface area contributed by atoms with Gasteiger partial charge in [-0.25, -0.2) is 0 Å². The molecule has 1 atom stereocenters. The van der Waals surface area contributed by atoms with Gasteiger partial charge in [0.1, 0.15) is 6.10 Å². The van der Waals surface area contributed by atoms with E-state index in [-0.39, 0.29) is 5.91 Å². The zero-order valence-corrected chi connectivity index (χ0v) is 22.5. The van der Waals surface area contributed by atoms with E-state index in [2.05, 4.69) is 61.6 Å². The number of fused-ring (bicyclic) bond motifs is 2. The Labute approximate surface area is 219 Å². The summed E-state index contributed by atoms with van der Waals surface area (Å²) in [5, 5.41) is 1.28. The first kappa shape index (κ1) is 25.6. The first-order chi connectivity index (χ1) is 17.9. The van der Waals surface area contributed by atoms with Crippen molar-refractivity contribution in [1.82, 2.24) is 14.4 Å². The zero-order valence-electron chi connectivity index (χ0n) is 22.5. The predicted molar refractivity (Wildman–Crippen MR) is 145 cm³/mol. The molecule has 198 valence electrons. The van der Waals surface area contributed by atoms with Crippen LogP contribution in [0, 0.1) is 12.8 Å². The fourth-order valence-corrected chi connectivity index (χ4v) is 5.42. The molecule has 1 fully saturated rings. The van der Waals surface area contributed by atoms with Crippen molar-refractivity contribution in [1.29, 1.82) is 0 Å². The number of benzene rings is 2. The van der Waals surface area contributed by atoms with Crippen molar-refractivity contribution < 1.29 is 19.0 Å². The van der Waals surface area contributed by atoms with E-state index < -0.39 is 6.10 Å². The Hall–Kier alpha value is -3.03. The number of carbonyl (C=O) groups excluding carboxylic acids is 1. The number of hydrogen-bond donors (Lipinski definition) is 0. The highest BCUT2D eigenvalue weighted by molar-refractivity contribution is 5.85. The number of aryl methyl sites for hydroxylation is 1. The van der Waals surface area contributed by atoms with Crippen molar-refractivity contribution in [2.45, 2.75) is 46.4 Å². The van der Waals surface area contributed by atoms with Gasteiger partial charge in [0.2, 0.25) is 0 Å². The number of morpholine rings is 1. The number of rotatable bonds is 7. The second-order valence-electron chi connectivity index (χ2n) is 10.7. The SMILES string of the molecule is Cc1c(CN2CCOC(C(=O)N(Cc3ccc4c(c3)OCCCO4)CC(C)C)C2)c2ccccc2n1C. The molecular weight excluding hydrogens is 466 g/mol. The van der Waals surface area contributed by atoms with Crippen LogP contribution in [0.15, 0.2) is 42.5 Å². The number of para-hydroxylation sites is 1. The van der Waals surface area contributed by atoms with Gasteiger partial charge < -0.3 is 23.7 Å². The fraction of sp³-hybridized carbons (Fsp3) is 0.500. The Morgan fingerprint density at radius 1 is 1.08 bits per heavy atom. The summed E-state index contributed by atoms with van der Waals surface area (Å²) >= 11 is 0. The highest BCUT2D eigenvalue weighted by Crippen LogP contribution is 2.31. The summed E-state index contributed by atoms with van der Waals surface area (Å²) in [6, 6.07) is 14.5. The second-order valence-corrected chi connectivity index (χ2v) is 10.7. The third-order valence-electron chi connectivity index (χ3n) is 7.42.